The predicted octanol–water partition coefficient (Wildman–Crippen LogP) is 0.567. The van der Waals surface area contributed by atoms with Gasteiger partial charge in [0.1, 0.15) is 5.69 Å². The van der Waals surface area contributed by atoms with E-state index in [0.717, 1.165) is 10.9 Å². The number of H-pyrrole nitrogens is 1. The maximum absolute atomic E-state index is 12.0. The van der Waals surface area contributed by atoms with Gasteiger partial charge in [-0.2, -0.15) is 0 Å². The molecule has 1 aliphatic heterocycles. The van der Waals surface area contributed by atoms with Gasteiger partial charge in [0, 0.05) is 18.5 Å². The minimum atomic E-state index is -0.381. The summed E-state index contributed by atoms with van der Waals surface area (Å²) in [7, 11) is 0. The molecule has 0 atom stereocenters. The van der Waals surface area contributed by atoms with Crippen molar-refractivity contribution in [2.75, 3.05) is 18.8 Å². The van der Waals surface area contributed by atoms with Gasteiger partial charge in [0.15, 0.2) is 0 Å². The lowest BCUT2D eigenvalue weighted by atomic mass is 10.1. The highest BCUT2D eigenvalue weighted by Gasteiger charge is 2.30. The topological polar surface area (TPSA) is 82.3 Å². The molecule has 17 heavy (non-hydrogen) atoms. The third-order valence-electron chi connectivity index (χ3n) is 3.07. The van der Waals surface area contributed by atoms with Crippen LogP contribution in [0.15, 0.2) is 24.3 Å². The fourth-order valence-corrected chi connectivity index (χ4v) is 2.09. The highest BCUT2D eigenvalue weighted by Crippen LogP contribution is 2.22. The molecule has 2 aromatic rings. The van der Waals surface area contributed by atoms with Crippen LogP contribution in [0.2, 0.25) is 0 Å². The minimum absolute atomic E-state index is 0.0918. The maximum Gasteiger partial charge on any atom is 0.270 e. The van der Waals surface area contributed by atoms with Crippen LogP contribution < -0.4 is 5.73 Å². The van der Waals surface area contributed by atoms with Crippen LogP contribution >= 0.6 is 0 Å². The normalized spacial score (nSPS) is 16.2. The summed E-state index contributed by atoms with van der Waals surface area (Å²) in [6.07, 6.45) is -0.381. The molecule has 5 nitrogen and oxygen atoms in total. The molecule has 1 amide bonds. The van der Waals surface area contributed by atoms with Crippen LogP contribution in [0.4, 0.5) is 5.69 Å². The Bertz CT molecular complexity index is 584. The molecule has 1 aliphatic rings. The first kappa shape index (κ1) is 10.2. The summed E-state index contributed by atoms with van der Waals surface area (Å²) < 4.78 is 0. The standard InChI is InChI=1S/C12H13N3O2/c13-9-3-1-2-7-4-10(14-11(7)9)12(17)15-5-8(16)6-15/h1-4,8,14,16H,5-6,13H2. The van der Waals surface area contributed by atoms with E-state index in [4.69, 9.17) is 5.73 Å². The number of nitrogen functional groups attached to an aromatic ring is 1. The summed E-state index contributed by atoms with van der Waals surface area (Å²) in [5.74, 6) is -0.0918. The largest absolute Gasteiger partial charge is 0.397 e. The van der Waals surface area contributed by atoms with Crippen molar-refractivity contribution >= 4 is 22.5 Å². The van der Waals surface area contributed by atoms with E-state index < -0.39 is 0 Å². The summed E-state index contributed by atoms with van der Waals surface area (Å²) in [4.78, 5) is 16.6. The molecule has 88 valence electrons. The molecule has 0 bridgehead atoms. The van der Waals surface area contributed by atoms with Gasteiger partial charge in [0.05, 0.1) is 17.3 Å². The van der Waals surface area contributed by atoms with E-state index in [1.165, 1.54) is 0 Å². The average molecular weight is 231 g/mol. The van der Waals surface area contributed by atoms with Crippen LogP contribution in [0, 0.1) is 0 Å². The van der Waals surface area contributed by atoms with Gasteiger partial charge in [-0.05, 0) is 12.1 Å². The van der Waals surface area contributed by atoms with Gasteiger partial charge in [-0.1, -0.05) is 12.1 Å². The second-order valence-electron chi connectivity index (χ2n) is 4.36. The number of carbonyl (C=O) groups is 1. The number of aromatic amines is 1. The van der Waals surface area contributed by atoms with Crippen molar-refractivity contribution in [2.24, 2.45) is 0 Å². The molecule has 1 aromatic carbocycles. The number of anilines is 1. The van der Waals surface area contributed by atoms with Crippen molar-refractivity contribution in [3.8, 4) is 0 Å². The monoisotopic (exact) mass is 231 g/mol. The summed E-state index contributed by atoms with van der Waals surface area (Å²) >= 11 is 0. The number of rotatable bonds is 1. The number of amides is 1. The van der Waals surface area contributed by atoms with Gasteiger partial charge in [-0.3, -0.25) is 4.79 Å². The van der Waals surface area contributed by atoms with Crippen molar-refractivity contribution in [3.63, 3.8) is 0 Å². The molecule has 3 rings (SSSR count). The first-order chi connectivity index (χ1) is 8.15. The fraction of sp³-hybridized carbons (Fsp3) is 0.250. The molecule has 2 heterocycles. The van der Waals surface area contributed by atoms with Gasteiger partial charge in [-0.15, -0.1) is 0 Å². The van der Waals surface area contributed by atoms with E-state index in [9.17, 15) is 9.90 Å². The van der Waals surface area contributed by atoms with E-state index in [-0.39, 0.29) is 12.0 Å². The quantitative estimate of drug-likeness (QED) is 0.627. The molecule has 0 spiro atoms. The zero-order valence-corrected chi connectivity index (χ0v) is 9.18. The van der Waals surface area contributed by atoms with Crippen molar-refractivity contribution < 1.29 is 9.90 Å². The lowest BCUT2D eigenvalue weighted by Crippen LogP contribution is -2.53. The highest BCUT2D eigenvalue weighted by atomic mass is 16.3. The SMILES string of the molecule is Nc1cccc2cc(C(=O)N3CC(O)C3)[nH]c12. The number of hydrogen-bond acceptors (Lipinski definition) is 3. The van der Waals surface area contributed by atoms with Crippen LogP contribution in [-0.2, 0) is 0 Å². The molecular formula is C12H13N3O2. The number of hydrogen-bond donors (Lipinski definition) is 3. The molecular weight excluding hydrogens is 218 g/mol. The number of carbonyl (C=O) groups excluding carboxylic acids is 1. The Morgan fingerprint density at radius 1 is 1.47 bits per heavy atom. The number of para-hydroxylation sites is 1. The summed E-state index contributed by atoms with van der Waals surface area (Å²) in [5.41, 5.74) is 7.76. The third kappa shape index (κ3) is 1.55. The lowest BCUT2D eigenvalue weighted by Gasteiger charge is -2.35. The van der Waals surface area contributed by atoms with Crippen LogP contribution in [-0.4, -0.2) is 40.1 Å². The number of nitrogens with zero attached hydrogens (tertiary/aromatic N) is 1. The second kappa shape index (κ2) is 3.49. The average Bonchev–Trinajstić information content (AvgIpc) is 2.69. The zero-order chi connectivity index (χ0) is 12.0. The Balaban J connectivity index is 1.96. The molecule has 0 saturated carbocycles. The van der Waals surface area contributed by atoms with Crippen molar-refractivity contribution in [3.05, 3.63) is 30.0 Å². The van der Waals surface area contributed by atoms with Crippen molar-refractivity contribution in [1.29, 1.82) is 0 Å². The molecule has 0 aliphatic carbocycles. The molecule has 4 N–H and O–H groups in total. The number of benzene rings is 1. The van der Waals surface area contributed by atoms with Gasteiger partial charge in [0.2, 0.25) is 0 Å². The van der Waals surface area contributed by atoms with Crippen LogP contribution in [0.1, 0.15) is 10.5 Å². The maximum atomic E-state index is 12.0. The first-order valence-electron chi connectivity index (χ1n) is 5.49. The smallest absolute Gasteiger partial charge is 0.270 e. The predicted molar refractivity (Wildman–Crippen MR) is 64.6 cm³/mol. The second-order valence-corrected chi connectivity index (χ2v) is 4.36. The van der Waals surface area contributed by atoms with Gasteiger partial charge >= 0.3 is 0 Å². The van der Waals surface area contributed by atoms with E-state index >= 15 is 0 Å². The number of aliphatic hydroxyl groups is 1. The Morgan fingerprint density at radius 2 is 2.24 bits per heavy atom. The summed E-state index contributed by atoms with van der Waals surface area (Å²) in [6.45, 7) is 0.813. The molecule has 1 saturated heterocycles. The fourth-order valence-electron chi connectivity index (χ4n) is 2.09. The van der Waals surface area contributed by atoms with Gasteiger partial charge < -0.3 is 20.7 Å². The third-order valence-corrected chi connectivity index (χ3v) is 3.07. The van der Waals surface area contributed by atoms with E-state index in [1.54, 1.807) is 17.0 Å². The zero-order valence-electron chi connectivity index (χ0n) is 9.18. The highest BCUT2D eigenvalue weighted by molar-refractivity contribution is 6.01. The Kier molecular flexibility index (Phi) is 2.09. The molecule has 0 unspecified atom stereocenters. The summed E-state index contributed by atoms with van der Waals surface area (Å²) in [5, 5.41) is 10.1. The number of nitrogens with one attached hydrogen (secondary N) is 1. The Hall–Kier alpha value is -2.01. The summed E-state index contributed by atoms with van der Waals surface area (Å²) in [6, 6.07) is 7.34. The number of likely N-dealkylation sites (tertiary alicyclic amines) is 1. The molecule has 0 radical (unpaired) electrons. The minimum Gasteiger partial charge on any atom is -0.397 e. The van der Waals surface area contributed by atoms with Crippen LogP contribution in [0.3, 0.4) is 0 Å². The molecule has 1 fully saturated rings. The number of aliphatic hydroxyl groups excluding tert-OH is 1. The molecule has 1 aromatic heterocycles. The number of aromatic nitrogens is 1. The van der Waals surface area contributed by atoms with Gasteiger partial charge in [-0.25, -0.2) is 0 Å². The van der Waals surface area contributed by atoms with Gasteiger partial charge in [0.25, 0.3) is 5.91 Å². The Labute approximate surface area is 97.8 Å². The Morgan fingerprint density at radius 3 is 2.88 bits per heavy atom. The molecule has 5 heteroatoms. The lowest BCUT2D eigenvalue weighted by molar-refractivity contribution is 0.00557. The number of β-amino-alcohol motifs (C(OH)–C–C–N with tert-alkyl or cyclic N) is 1. The van der Waals surface area contributed by atoms with Crippen LogP contribution in [0.25, 0.3) is 10.9 Å². The number of fused-ring (bicyclic) bond motifs is 1. The number of nitrogens with two attached hydrogens (primary N) is 1. The van der Waals surface area contributed by atoms with Crippen molar-refractivity contribution in [1.82, 2.24) is 9.88 Å². The van der Waals surface area contributed by atoms with E-state index in [1.807, 2.05) is 12.1 Å². The van der Waals surface area contributed by atoms with E-state index in [0.29, 0.717) is 24.5 Å². The van der Waals surface area contributed by atoms with Crippen molar-refractivity contribution in [2.45, 2.75) is 6.10 Å². The van der Waals surface area contributed by atoms with E-state index in [2.05, 4.69) is 4.98 Å². The first-order valence-corrected chi connectivity index (χ1v) is 5.49. The van der Waals surface area contributed by atoms with Crippen LogP contribution in [0.5, 0.6) is 0 Å².